The summed E-state index contributed by atoms with van der Waals surface area (Å²) in [6, 6.07) is 10.0. The average Bonchev–Trinajstić information content (AvgIpc) is 2.86. The number of carbonyl (C=O) groups excluding carboxylic acids is 1. The molecule has 0 unspecified atom stereocenters. The van der Waals surface area contributed by atoms with E-state index in [0.717, 1.165) is 12.1 Å². The molecule has 4 nitrogen and oxygen atoms in total. The number of amides is 1. The van der Waals surface area contributed by atoms with Crippen molar-refractivity contribution in [3.8, 4) is 0 Å². The molecule has 0 spiro atoms. The van der Waals surface area contributed by atoms with Gasteiger partial charge in [-0.25, -0.2) is 0 Å². The molecule has 0 saturated heterocycles. The van der Waals surface area contributed by atoms with Crippen molar-refractivity contribution in [1.29, 1.82) is 0 Å². The van der Waals surface area contributed by atoms with Crippen LogP contribution >= 0.6 is 0 Å². The van der Waals surface area contributed by atoms with E-state index in [4.69, 9.17) is 0 Å². The van der Waals surface area contributed by atoms with Crippen LogP contribution in [0.1, 0.15) is 43.0 Å². The van der Waals surface area contributed by atoms with Crippen molar-refractivity contribution in [2.24, 2.45) is 0 Å². The van der Waals surface area contributed by atoms with Gasteiger partial charge < -0.3 is 5.32 Å². The summed E-state index contributed by atoms with van der Waals surface area (Å²) in [6.45, 7) is 6.23. The minimum atomic E-state index is -0.00457. The SMILES string of the molecule is Cc1ccccc1CCC(=O)Nc1cc(C(C)C)[nH]n1. The molecule has 0 fully saturated rings. The second-order valence-electron chi connectivity index (χ2n) is 5.34. The van der Waals surface area contributed by atoms with Gasteiger partial charge in [-0.05, 0) is 30.4 Å². The fourth-order valence-electron chi connectivity index (χ4n) is 2.04. The van der Waals surface area contributed by atoms with Gasteiger partial charge in [0, 0.05) is 18.2 Å². The fourth-order valence-corrected chi connectivity index (χ4v) is 2.04. The third kappa shape index (κ3) is 3.70. The first-order chi connectivity index (χ1) is 9.56. The zero-order valence-electron chi connectivity index (χ0n) is 12.2. The number of carbonyl (C=O) groups is 1. The van der Waals surface area contributed by atoms with Crippen LogP contribution < -0.4 is 5.32 Å². The quantitative estimate of drug-likeness (QED) is 0.875. The molecule has 106 valence electrons. The summed E-state index contributed by atoms with van der Waals surface area (Å²) >= 11 is 0. The first kappa shape index (κ1) is 14.3. The molecule has 0 atom stereocenters. The number of aromatic amines is 1. The van der Waals surface area contributed by atoms with E-state index in [1.807, 2.05) is 18.2 Å². The molecule has 0 saturated carbocycles. The van der Waals surface area contributed by atoms with Crippen molar-refractivity contribution in [3.63, 3.8) is 0 Å². The van der Waals surface area contributed by atoms with Gasteiger partial charge in [-0.2, -0.15) is 5.10 Å². The van der Waals surface area contributed by atoms with Crippen molar-refractivity contribution >= 4 is 11.7 Å². The van der Waals surface area contributed by atoms with Gasteiger partial charge in [0.2, 0.25) is 5.91 Å². The van der Waals surface area contributed by atoms with Crippen LogP contribution in [0.3, 0.4) is 0 Å². The minimum absolute atomic E-state index is 0.00457. The van der Waals surface area contributed by atoms with Crippen LogP contribution in [0.4, 0.5) is 5.82 Å². The zero-order chi connectivity index (χ0) is 14.5. The number of aromatic nitrogens is 2. The van der Waals surface area contributed by atoms with E-state index in [9.17, 15) is 4.79 Å². The number of nitrogens with one attached hydrogen (secondary N) is 2. The van der Waals surface area contributed by atoms with E-state index in [0.29, 0.717) is 18.2 Å². The normalized spacial score (nSPS) is 10.8. The Morgan fingerprint density at radius 1 is 1.35 bits per heavy atom. The highest BCUT2D eigenvalue weighted by molar-refractivity contribution is 5.89. The maximum absolute atomic E-state index is 11.9. The van der Waals surface area contributed by atoms with Gasteiger partial charge in [-0.1, -0.05) is 38.1 Å². The molecule has 1 aromatic heterocycles. The Hall–Kier alpha value is -2.10. The second-order valence-corrected chi connectivity index (χ2v) is 5.34. The maximum Gasteiger partial charge on any atom is 0.225 e. The van der Waals surface area contributed by atoms with Crippen molar-refractivity contribution in [2.75, 3.05) is 5.32 Å². The highest BCUT2D eigenvalue weighted by atomic mass is 16.1. The van der Waals surface area contributed by atoms with Gasteiger partial charge in [0.1, 0.15) is 0 Å². The Kier molecular flexibility index (Phi) is 4.56. The second kappa shape index (κ2) is 6.37. The summed E-state index contributed by atoms with van der Waals surface area (Å²) in [4.78, 5) is 11.9. The summed E-state index contributed by atoms with van der Waals surface area (Å²) < 4.78 is 0. The van der Waals surface area contributed by atoms with Crippen molar-refractivity contribution in [1.82, 2.24) is 10.2 Å². The standard InChI is InChI=1S/C16H21N3O/c1-11(2)14-10-15(19-18-14)17-16(20)9-8-13-7-5-4-6-12(13)3/h4-7,10-11H,8-9H2,1-3H3,(H2,17,18,19,20). The van der Waals surface area contributed by atoms with Gasteiger partial charge in [-0.15, -0.1) is 0 Å². The lowest BCUT2D eigenvalue weighted by molar-refractivity contribution is -0.116. The molecule has 2 aromatic rings. The van der Waals surface area contributed by atoms with Crippen molar-refractivity contribution in [2.45, 2.75) is 39.5 Å². The molecular formula is C16H21N3O. The molecule has 1 aromatic carbocycles. The van der Waals surface area contributed by atoms with Gasteiger partial charge in [0.25, 0.3) is 0 Å². The highest BCUT2D eigenvalue weighted by Gasteiger charge is 2.08. The Balaban J connectivity index is 1.88. The lowest BCUT2D eigenvalue weighted by Crippen LogP contribution is -2.12. The summed E-state index contributed by atoms with van der Waals surface area (Å²) in [7, 11) is 0. The Bertz CT molecular complexity index is 587. The monoisotopic (exact) mass is 271 g/mol. The van der Waals surface area contributed by atoms with Gasteiger partial charge in [0.15, 0.2) is 5.82 Å². The number of H-pyrrole nitrogens is 1. The molecule has 0 aliphatic carbocycles. The van der Waals surface area contributed by atoms with Crippen molar-refractivity contribution in [3.05, 3.63) is 47.2 Å². The van der Waals surface area contributed by atoms with Gasteiger partial charge in [-0.3, -0.25) is 9.89 Å². The summed E-state index contributed by atoms with van der Waals surface area (Å²) in [5, 5.41) is 9.85. The zero-order valence-corrected chi connectivity index (χ0v) is 12.2. The maximum atomic E-state index is 11.9. The number of benzene rings is 1. The summed E-state index contributed by atoms with van der Waals surface area (Å²) in [5.41, 5.74) is 3.47. The minimum Gasteiger partial charge on any atom is -0.309 e. The van der Waals surface area contributed by atoms with E-state index in [1.54, 1.807) is 0 Å². The summed E-state index contributed by atoms with van der Waals surface area (Å²) in [6.07, 6.45) is 1.22. The fraction of sp³-hybridized carbons (Fsp3) is 0.375. The molecular weight excluding hydrogens is 250 g/mol. The van der Waals surface area contributed by atoms with Crippen molar-refractivity contribution < 1.29 is 4.79 Å². The molecule has 0 aliphatic rings. The molecule has 0 radical (unpaired) electrons. The lowest BCUT2D eigenvalue weighted by atomic mass is 10.0. The topological polar surface area (TPSA) is 57.8 Å². The molecule has 0 bridgehead atoms. The number of anilines is 1. The molecule has 2 N–H and O–H groups in total. The lowest BCUT2D eigenvalue weighted by Gasteiger charge is -2.05. The Morgan fingerprint density at radius 3 is 2.75 bits per heavy atom. The molecule has 0 aliphatic heterocycles. The molecule has 4 heteroatoms. The number of rotatable bonds is 5. The van der Waals surface area contributed by atoms with Crippen LogP contribution in [0.2, 0.25) is 0 Å². The predicted molar refractivity (Wildman–Crippen MR) is 80.8 cm³/mol. The average molecular weight is 271 g/mol. The third-order valence-corrected chi connectivity index (χ3v) is 3.37. The van der Waals surface area contributed by atoms with E-state index >= 15 is 0 Å². The number of hydrogen-bond acceptors (Lipinski definition) is 2. The largest absolute Gasteiger partial charge is 0.309 e. The van der Waals surface area contributed by atoms with E-state index in [2.05, 4.69) is 48.4 Å². The number of hydrogen-bond donors (Lipinski definition) is 2. The van der Waals surface area contributed by atoms with Gasteiger partial charge >= 0.3 is 0 Å². The molecule has 20 heavy (non-hydrogen) atoms. The molecule has 1 heterocycles. The van der Waals surface area contributed by atoms with E-state index in [1.165, 1.54) is 11.1 Å². The van der Waals surface area contributed by atoms with E-state index in [-0.39, 0.29) is 5.91 Å². The van der Waals surface area contributed by atoms with Crippen LogP contribution in [-0.2, 0) is 11.2 Å². The summed E-state index contributed by atoms with van der Waals surface area (Å²) in [5.74, 6) is 0.971. The Morgan fingerprint density at radius 2 is 2.10 bits per heavy atom. The number of nitrogens with zero attached hydrogens (tertiary/aromatic N) is 1. The van der Waals surface area contributed by atoms with Crippen LogP contribution in [0, 0.1) is 6.92 Å². The molecule has 1 amide bonds. The van der Waals surface area contributed by atoms with Crippen LogP contribution in [0.15, 0.2) is 30.3 Å². The van der Waals surface area contributed by atoms with E-state index < -0.39 is 0 Å². The first-order valence-electron chi connectivity index (χ1n) is 6.96. The van der Waals surface area contributed by atoms with Crippen LogP contribution in [-0.4, -0.2) is 16.1 Å². The smallest absolute Gasteiger partial charge is 0.225 e. The third-order valence-electron chi connectivity index (χ3n) is 3.37. The first-order valence-corrected chi connectivity index (χ1v) is 6.96. The highest BCUT2D eigenvalue weighted by Crippen LogP contribution is 2.15. The number of aryl methyl sites for hydroxylation is 2. The Labute approximate surface area is 119 Å². The molecule has 2 rings (SSSR count). The predicted octanol–water partition coefficient (Wildman–Crippen LogP) is 3.41. The van der Waals surface area contributed by atoms with Gasteiger partial charge in [0.05, 0.1) is 0 Å². The van der Waals surface area contributed by atoms with Crippen LogP contribution in [0.5, 0.6) is 0 Å². The van der Waals surface area contributed by atoms with Crippen LogP contribution in [0.25, 0.3) is 0 Å².